The predicted octanol–water partition coefficient (Wildman–Crippen LogP) is 6.91. The SMILES string of the molecule is CC(CCC(=O)O)C(=O)O.Cc1cc(C)c(C(=O)C(=O)O)c(C)c1.O=C(O)CC1CCCC1.O=C(O)[C@@H]1OCCN1C(=O)OCc1ccccc1.O=C(O)c1cccc(Cl)c1O. The van der Waals surface area contributed by atoms with Gasteiger partial charge in [-0.3, -0.25) is 24.1 Å². The Labute approximate surface area is 362 Å². The highest BCUT2D eigenvalue weighted by Gasteiger charge is 2.36. The third-order valence-corrected chi connectivity index (χ3v) is 9.31. The average Bonchev–Trinajstić information content (AvgIpc) is 3.91. The van der Waals surface area contributed by atoms with Gasteiger partial charge in [0.25, 0.3) is 5.78 Å². The second kappa shape index (κ2) is 27.3. The fourth-order valence-corrected chi connectivity index (χ4v) is 6.10. The molecule has 0 aromatic heterocycles. The van der Waals surface area contributed by atoms with E-state index in [9.17, 15) is 38.4 Å². The smallest absolute Gasteiger partial charge is 0.412 e. The number of carboxylic acid groups (broad SMARTS) is 6. The number of carboxylic acids is 6. The van der Waals surface area contributed by atoms with Crippen LogP contribution in [-0.4, -0.2) is 108 Å². The molecule has 3 aromatic carbocycles. The second-order valence-electron chi connectivity index (χ2n) is 14.1. The molecule has 2 atom stereocenters. The molecule has 2 aliphatic rings. The number of carbonyl (C=O) groups is 8. The predicted molar refractivity (Wildman–Crippen MR) is 221 cm³/mol. The lowest BCUT2D eigenvalue weighted by Gasteiger charge is -2.19. The maximum atomic E-state index is 11.7. The first kappa shape index (κ1) is 53.5. The normalized spacial score (nSPS) is 14.3. The van der Waals surface area contributed by atoms with Gasteiger partial charge in [0.15, 0.2) is 0 Å². The summed E-state index contributed by atoms with van der Waals surface area (Å²) < 4.78 is 9.96. The number of benzene rings is 3. The first-order chi connectivity index (χ1) is 29.1. The Hall–Kier alpha value is -6.53. The maximum absolute atomic E-state index is 11.7. The summed E-state index contributed by atoms with van der Waals surface area (Å²) in [4.78, 5) is 86.0. The zero-order valence-corrected chi connectivity index (χ0v) is 35.4. The molecule has 19 heteroatoms. The minimum absolute atomic E-state index is 0.0462. The van der Waals surface area contributed by atoms with Crippen LogP contribution in [0.5, 0.6) is 5.75 Å². The summed E-state index contributed by atoms with van der Waals surface area (Å²) in [6, 6.07) is 17.0. The maximum Gasteiger partial charge on any atom is 0.412 e. The number of aromatic hydroxyl groups is 1. The van der Waals surface area contributed by atoms with Gasteiger partial charge in [-0.25, -0.2) is 19.2 Å². The van der Waals surface area contributed by atoms with Crippen LogP contribution in [0.2, 0.25) is 5.02 Å². The number of aryl methyl sites for hydroxylation is 3. The van der Waals surface area contributed by atoms with E-state index >= 15 is 0 Å². The van der Waals surface area contributed by atoms with Crippen LogP contribution in [0, 0.1) is 32.6 Å². The lowest BCUT2D eigenvalue weighted by molar-refractivity contribution is -0.153. The Kier molecular flexibility index (Phi) is 23.6. The molecule has 18 nitrogen and oxygen atoms in total. The molecule has 0 radical (unpaired) electrons. The van der Waals surface area contributed by atoms with Gasteiger partial charge in [-0.2, -0.15) is 0 Å². The molecule has 62 heavy (non-hydrogen) atoms. The molecule has 3 aromatic rings. The molecule has 338 valence electrons. The number of hydrogen-bond acceptors (Lipinski definition) is 11. The number of aliphatic carboxylic acids is 5. The average molecular weight is 890 g/mol. The van der Waals surface area contributed by atoms with Crippen molar-refractivity contribution in [2.24, 2.45) is 11.8 Å². The number of aromatic carboxylic acids is 1. The van der Waals surface area contributed by atoms with Gasteiger partial charge >= 0.3 is 41.9 Å². The Morgan fingerprint density at radius 1 is 0.823 bits per heavy atom. The molecule has 1 aliphatic carbocycles. The number of hydrogen-bond donors (Lipinski definition) is 7. The molecule has 1 amide bonds. The van der Waals surface area contributed by atoms with Crippen molar-refractivity contribution in [3.8, 4) is 5.75 Å². The number of ketones is 1. The summed E-state index contributed by atoms with van der Waals surface area (Å²) in [6.45, 7) is 7.44. The fraction of sp³-hybridized carbons (Fsp3) is 0.395. The molecule has 5 rings (SSSR count). The van der Waals surface area contributed by atoms with E-state index in [2.05, 4.69) is 0 Å². The number of halogens is 1. The first-order valence-corrected chi connectivity index (χ1v) is 19.5. The zero-order valence-electron chi connectivity index (χ0n) is 34.6. The highest BCUT2D eigenvalue weighted by atomic mass is 35.5. The number of phenols is 1. The molecular weight excluding hydrogens is 838 g/mol. The summed E-state index contributed by atoms with van der Waals surface area (Å²) in [6.07, 6.45) is 3.32. The van der Waals surface area contributed by atoms with E-state index in [0.29, 0.717) is 17.9 Å². The van der Waals surface area contributed by atoms with Crippen LogP contribution < -0.4 is 0 Å². The molecule has 1 heterocycles. The van der Waals surface area contributed by atoms with Crippen LogP contribution in [0.1, 0.15) is 94.8 Å². The second-order valence-corrected chi connectivity index (χ2v) is 14.5. The fourth-order valence-electron chi connectivity index (χ4n) is 5.92. The van der Waals surface area contributed by atoms with Gasteiger partial charge in [0, 0.05) is 18.4 Å². The van der Waals surface area contributed by atoms with Crippen LogP contribution in [-0.2, 0) is 40.1 Å². The summed E-state index contributed by atoms with van der Waals surface area (Å²) in [5, 5.41) is 59.8. The third-order valence-electron chi connectivity index (χ3n) is 9.01. The van der Waals surface area contributed by atoms with Crippen molar-refractivity contribution < 1.29 is 83.6 Å². The van der Waals surface area contributed by atoms with E-state index < -0.39 is 59.8 Å². The molecular formula is C43H52ClNO17. The topological polar surface area (TPSA) is 300 Å². The number of amides is 1. The largest absolute Gasteiger partial charge is 0.505 e. The Morgan fingerprint density at radius 3 is 1.87 bits per heavy atom. The van der Waals surface area contributed by atoms with Crippen molar-refractivity contribution in [2.45, 2.75) is 85.5 Å². The molecule has 1 unspecified atom stereocenters. The highest BCUT2D eigenvalue weighted by Crippen LogP contribution is 2.27. The van der Waals surface area contributed by atoms with Crippen LogP contribution >= 0.6 is 11.6 Å². The molecule has 1 saturated carbocycles. The van der Waals surface area contributed by atoms with E-state index in [4.69, 9.17) is 56.8 Å². The van der Waals surface area contributed by atoms with Gasteiger partial charge in [-0.15, -0.1) is 0 Å². The van der Waals surface area contributed by atoms with Crippen LogP contribution in [0.3, 0.4) is 0 Å². The molecule has 0 bridgehead atoms. The zero-order chi connectivity index (χ0) is 47.1. The van der Waals surface area contributed by atoms with E-state index in [0.717, 1.165) is 40.0 Å². The van der Waals surface area contributed by atoms with Crippen molar-refractivity contribution >= 4 is 59.3 Å². The minimum Gasteiger partial charge on any atom is -0.505 e. The lowest BCUT2D eigenvalue weighted by atomic mass is 9.97. The highest BCUT2D eigenvalue weighted by molar-refractivity contribution is 6.40. The third kappa shape index (κ3) is 19.7. The van der Waals surface area contributed by atoms with E-state index in [1.165, 1.54) is 38.0 Å². The molecule has 7 N–H and O–H groups in total. The quantitative estimate of drug-likeness (QED) is 0.0717. The number of carbonyl (C=O) groups excluding carboxylic acids is 2. The van der Waals surface area contributed by atoms with Crippen molar-refractivity contribution in [1.82, 2.24) is 4.90 Å². The van der Waals surface area contributed by atoms with Gasteiger partial charge in [-0.05, 0) is 74.8 Å². The van der Waals surface area contributed by atoms with Gasteiger partial charge in [-0.1, -0.05) is 85.5 Å². The summed E-state index contributed by atoms with van der Waals surface area (Å²) in [5.74, 6) is -7.61. The van der Waals surface area contributed by atoms with E-state index in [-0.39, 0.29) is 48.9 Å². The van der Waals surface area contributed by atoms with Crippen LogP contribution in [0.25, 0.3) is 0 Å². The minimum atomic E-state index is -1.40. The van der Waals surface area contributed by atoms with Crippen molar-refractivity contribution in [1.29, 1.82) is 0 Å². The summed E-state index contributed by atoms with van der Waals surface area (Å²) in [5.41, 5.74) is 3.44. The molecule has 1 saturated heterocycles. The van der Waals surface area contributed by atoms with Crippen molar-refractivity contribution in [2.75, 3.05) is 13.2 Å². The van der Waals surface area contributed by atoms with Gasteiger partial charge in [0.2, 0.25) is 6.23 Å². The Bertz CT molecular complexity index is 1990. The van der Waals surface area contributed by atoms with Gasteiger partial charge in [0.1, 0.15) is 17.9 Å². The van der Waals surface area contributed by atoms with Gasteiger partial charge in [0.05, 0.1) is 24.1 Å². The van der Waals surface area contributed by atoms with Crippen molar-refractivity contribution in [3.63, 3.8) is 0 Å². The van der Waals surface area contributed by atoms with Crippen LogP contribution in [0.4, 0.5) is 4.79 Å². The van der Waals surface area contributed by atoms with Crippen LogP contribution in [0.15, 0.2) is 60.7 Å². The monoisotopic (exact) mass is 889 g/mol. The van der Waals surface area contributed by atoms with Crippen molar-refractivity contribution in [3.05, 3.63) is 99.1 Å². The summed E-state index contributed by atoms with van der Waals surface area (Å²) in [7, 11) is 0. The van der Waals surface area contributed by atoms with E-state index in [1.807, 2.05) is 49.4 Å². The van der Waals surface area contributed by atoms with Gasteiger partial charge < -0.3 is 45.2 Å². The number of nitrogens with zero attached hydrogens (tertiary/aromatic N) is 1. The molecule has 2 fully saturated rings. The molecule has 0 spiro atoms. The number of ether oxygens (including phenoxy) is 2. The Balaban J connectivity index is 0.000000397. The number of rotatable bonds is 12. The standard InChI is InChI=1S/C12H13NO5.C11H12O3.C7H5ClO3.C7H12O2.C6H10O4/c14-11(15)10-13(6-7-17-10)12(16)18-8-9-4-2-1-3-5-9;1-6-4-7(2)9(8(3)5-6)10(12)11(13)14;8-5-3-1-2-4(6(5)9)7(10)11;8-7(9)5-6-3-1-2-4-6;1-4(6(9)10)2-3-5(7)8/h1-5,10H,6-8H2,(H,14,15);4-5H,1-3H3,(H,13,14);1-3,9H,(H,10,11);6H,1-5H2,(H,8,9);4H,2-3H2,1H3,(H,7,8)(H,9,10)/t10-;;;;/m0..../s1. The Morgan fingerprint density at radius 2 is 1.40 bits per heavy atom. The first-order valence-electron chi connectivity index (χ1n) is 19.1. The van der Waals surface area contributed by atoms with E-state index in [1.54, 1.807) is 13.8 Å². The number of Topliss-reactive ketones (excluding diaryl/α,β-unsaturated/α-hetero) is 1. The lowest BCUT2D eigenvalue weighted by Crippen LogP contribution is -2.41. The summed E-state index contributed by atoms with van der Waals surface area (Å²) >= 11 is 5.44. The number of para-hydroxylation sites is 1. The molecule has 1 aliphatic heterocycles.